The first-order valence-corrected chi connectivity index (χ1v) is 10.7. The van der Waals surface area contributed by atoms with Crippen LogP contribution in [0.25, 0.3) is 0 Å². The van der Waals surface area contributed by atoms with E-state index in [4.69, 9.17) is 11.6 Å². The average Bonchev–Trinajstić information content (AvgIpc) is 3.18. The van der Waals surface area contributed by atoms with Crippen molar-refractivity contribution in [3.8, 4) is 0 Å². The number of likely N-dealkylation sites (tertiary alicyclic amines) is 1. The zero-order chi connectivity index (χ0) is 19.3. The van der Waals surface area contributed by atoms with Gasteiger partial charge in [0.05, 0.1) is 22.9 Å². The van der Waals surface area contributed by atoms with Crippen LogP contribution < -0.4 is 10.6 Å². The standard InChI is InChI=1S/C21H28ClN5O/c22-18-8-4-5-9-19(18)24-21(28)25-20-10-13-23-27(20)17-11-14-26(15-12-17)16-6-2-1-3-7-16/h4-5,8-10,13,16-17H,1-3,6-7,11-12,14-15H2,(H2,24,25,28). The number of hydrogen-bond acceptors (Lipinski definition) is 3. The first kappa shape index (κ1) is 19.3. The van der Waals surface area contributed by atoms with Crippen molar-refractivity contribution < 1.29 is 4.79 Å². The minimum Gasteiger partial charge on any atom is -0.306 e. The van der Waals surface area contributed by atoms with E-state index in [-0.39, 0.29) is 6.03 Å². The maximum atomic E-state index is 12.4. The first-order valence-electron chi connectivity index (χ1n) is 10.3. The quantitative estimate of drug-likeness (QED) is 0.744. The Balaban J connectivity index is 1.34. The Morgan fingerprint density at radius 2 is 1.71 bits per heavy atom. The van der Waals surface area contributed by atoms with Gasteiger partial charge in [-0.3, -0.25) is 5.32 Å². The van der Waals surface area contributed by atoms with Crippen molar-refractivity contribution >= 4 is 29.1 Å². The molecule has 0 unspecified atom stereocenters. The molecular formula is C21H28ClN5O. The van der Waals surface area contributed by atoms with Crippen LogP contribution in [0.15, 0.2) is 36.5 Å². The predicted molar refractivity (Wildman–Crippen MR) is 113 cm³/mol. The highest BCUT2D eigenvalue weighted by molar-refractivity contribution is 6.33. The van der Waals surface area contributed by atoms with Crippen molar-refractivity contribution in [2.24, 2.45) is 0 Å². The van der Waals surface area contributed by atoms with Gasteiger partial charge in [-0.15, -0.1) is 0 Å². The fourth-order valence-corrected chi connectivity index (χ4v) is 4.66. The van der Waals surface area contributed by atoms with Crippen LogP contribution in [0.5, 0.6) is 0 Å². The molecule has 2 aliphatic rings. The molecule has 2 aromatic rings. The van der Waals surface area contributed by atoms with Gasteiger partial charge < -0.3 is 10.2 Å². The van der Waals surface area contributed by atoms with Crippen LogP contribution in [0.4, 0.5) is 16.3 Å². The van der Waals surface area contributed by atoms with E-state index in [0.29, 0.717) is 16.8 Å². The van der Waals surface area contributed by atoms with Crippen LogP contribution >= 0.6 is 11.6 Å². The molecule has 0 atom stereocenters. The summed E-state index contributed by atoms with van der Waals surface area (Å²) >= 11 is 6.12. The molecule has 2 N–H and O–H groups in total. The van der Waals surface area contributed by atoms with Gasteiger partial charge in [-0.2, -0.15) is 5.10 Å². The molecule has 1 aliphatic carbocycles. The molecule has 1 saturated carbocycles. The number of carbonyl (C=O) groups excluding carboxylic acids is 1. The van der Waals surface area contributed by atoms with Gasteiger partial charge in [-0.25, -0.2) is 9.48 Å². The highest BCUT2D eigenvalue weighted by Crippen LogP contribution is 2.30. The number of benzene rings is 1. The van der Waals surface area contributed by atoms with Crippen molar-refractivity contribution in [3.63, 3.8) is 0 Å². The van der Waals surface area contributed by atoms with Crippen LogP contribution in [0.2, 0.25) is 5.02 Å². The summed E-state index contributed by atoms with van der Waals surface area (Å²) in [5, 5.41) is 10.7. The summed E-state index contributed by atoms with van der Waals surface area (Å²) in [6.45, 7) is 2.22. The Kier molecular flexibility index (Phi) is 6.17. The van der Waals surface area contributed by atoms with E-state index in [1.165, 1.54) is 32.1 Å². The van der Waals surface area contributed by atoms with Crippen molar-refractivity contribution in [1.82, 2.24) is 14.7 Å². The molecule has 0 spiro atoms. The lowest BCUT2D eigenvalue weighted by Crippen LogP contribution is -2.43. The zero-order valence-corrected chi connectivity index (χ0v) is 16.9. The molecule has 28 heavy (non-hydrogen) atoms. The highest BCUT2D eigenvalue weighted by Gasteiger charge is 2.28. The molecule has 1 aromatic carbocycles. The van der Waals surface area contributed by atoms with E-state index < -0.39 is 0 Å². The fraction of sp³-hybridized carbons (Fsp3) is 0.524. The number of carbonyl (C=O) groups is 1. The number of hydrogen-bond donors (Lipinski definition) is 2. The third-order valence-electron chi connectivity index (χ3n) is 5.97. The molecule has 1 aliphatic heterocycles. The number of rotatable bonds is 4. The summed E-state index contributed by atoms with van der Waals surface area (Å²) in [6.07, 6.45) is 10.7. The molecule has 0 bridgehead atoms. The molecule has 6 nitrogen and oxygen atoms in total. The second-order valence-corrected chi connectivity index (χ2v) is 8.19. The number of nitrogens with one attached hydrogen (secondary N) is 2. The Labute approximate surface area is 171 Å². The number of nitrogens with zero attached hydrogens (tertiary/aromatic N) is 3. The summed E-state index contributed by atoms with van der Waals surface area (Å²) < 4.78 is 1.96. The Morgan fingerprint density at radius 1 is 0.964 bits per heavy atom. The van der Waals surface area contributed by atoms with Crippen molar-refractivity contribution in [2.75, 3.05) is 23.7 Å². The zero-order valence-electron chi connectivity index (χ0n) is 16.1. The number of urea groups is 1. The smallest absolute Gasteiger partial charge is 0.306 e. The number of aromatic nitrogens is 2. The van der Waals surface area contributed by atoms with Crippen LogP contribution in [0.3, 0.4) is 0 Å². The maximum absolute atomic E-state index is 12.4. The molecule has 4 rings (SSSR count). The van der Waals surface area contributed by atoms with E-state index in [0.717, 1.165) is 37.8 Å². The lowest BCUT2D eigenvalue weighted by Gasteiger charge is -2.39. The Morgan fingerprint density at radius 3 is 2.46 bits per heavy atom. The van der Waals surface area contributed by atoms with Gasteiger partial charge in [0, 0.05) is 25.2 Å². The molecule has 2 fully saturated rings. The Hall–Kier alpha value is -2.05. The second kappa shape index (κ2) is 8.97. The summed E-state index contributed by atoms with van der Waals surface area (Å²) in [4.78, 5) is 15.1. The van der Waals surface area contributed by atoms with Gasteiger partial charge in [0.2, 0.25) is 0 Å². The minimum absolute atomic E-state index is 0.311. The third kappa shape index (κ3) is 4.50. The van der Waals surface area contributed by atoms with Gasteiger partial charge in [-0.1, -0.05) is 43.0 Å². The van der Waals surface area contributed by atoms with Crippen molar-refractivity contribution in [1.29, 1.82) is 0 Å². The molecule has 0 radical (unpaired) electrons. The van der Waals surface area contributed by atoms with Gasteiger partial charge in [0.25, 0.3) is 0 Å². The van der Waals surface area contributed by atoms with E-state index in [2.05, 4.69) is 20.6 Å². The van der Waals surface area contributed by atoms with E-state index in [9.17, 15) is 4.79 Å². The minimum atomic E-state index is -0.311. The highest BCUT2D eigenvalue weighted by atomic mass is 35.5. The van der Waals surface area contributed by atoms with Crippen molar-refractivity contribution in [2.45, 2.75) is 57.0 Å². The maximum Gasteiger partial charge on any atom is 0.324 e. The van der Waals surface area contributed by atoms with Crippen LogP contribution in [0.1, 0.15) is 51.0 Å². The molecular weight excluding hydrogens is 374 g/mol. The Bertz CT molecular complexity index is 794. The summed E-state index contributed by atoms with van der Waals surface area (Å²) in [6, 6.07) is 9.83. The lowest BCUT2D eigenvalue weighted by atomic mass is 9.92. The van der Waals surface area contributed by atoms with Crippen LogP contribution in [0, 0.1) is 0 Å². The number of anilines is 2. The summed E-state index contributed by atoms with van der Waals surface area (Å²) in [7, 11) is 0. The number of para-hydroxylation sites is 1. The largest absolute Gasteiger partial charge is 0.324 e. The second-order valence-electron chi connectivity index (χ2n) is 7.78. The van der Waals surface area contributed by atoms with Gasteiger partial charge in [-0.05, 0) is 37.8 Å². The predicted octanol–water partition coefficient (Wildman–Crippen LogP) is 5.15. The summed E-state index contributed by atoms with van der Waals surface area (Å²) in [5.41, 5.74) is 0.591. The first-order chi connectivity index (χ1) is 13.7. The molecule has 150 valence electrons. The number of halogens is 1. The number of piperidine rings is 1. The summed E-state index contributed by atoms with van der Waals surface area (Å²) in [5.74, 6) is 0.723. The topological polar surface area (TPSA) is 62.2 Å². The average molecular weight is 402 g/mol. The molecule has 1 aromatic heterocycles. The van der Waals surface area contributed by atoms with Gasteiger partial charge in [0.15, 0.2) is 0 Å². The molecule has 7 heteroatoms. The number of amides is 2. The van der Waals surface area contributed by atoms with Crippen LogP contribution in [-0.4, -0.2) is 39.8 Å². The van der Waals surface area contributed by atoms with Crippen molar-refractivity contribution in [3.05, 3.63) is 41.6 Å². The SMILES string of the molecule is O=C(Nc1ccccc1Cl)Nc1ccnn1C1CCN(C2CCCCC2)CC1. The van der Waals surface area contributed by atoms with E-state index in [1.807, 2.05) is 22.9 Å². The molecule has 2 amide bonds. The molecule has 2 heterocycles. The molecule has 1 saturated heterocycles. The van der Waals surface area contributed by atoms with Gasteiger partial charge in [0.1, 0.15) is 5.82 Å². The normalized spacial score (nSPS) is 19.5. The monoisotopic (exact) mass is 401 g/mol. The lowest BCUT2D eigenvalue weighted by molar-refractivity contribution is 0.106. The van der Waals surface area contributed by atoms with Crippen LogP contribution in [-0.2, 0) is 0 Å². The fourth-order valence-electron chi connectivity index (χ4n) is 4.48. The van der Waals surface area contributed by atoms with E-state index >= 15 is 0 Å². The van der Waals surface area contributed by atoms with Gasteiger partial charge >= 0.3 is 6.03 Å². The van der Waals surface area contributed by atoms with E-state index in [1.54, 1.807) is 18.3 Å². The third-order valence-corrected chi connectivity index (χ3v) is 6.30.